The van der Waals surface area contributed by atoms with Crippen LogP contribution in [0.3, 0.4) is 0 Å². The topological polar surface area (TPSA) is 93.4 Å². The molecule has 1 aliphatic rings. The van der Waals surface area contributed by atoms with E-state index in [0.29, 0.717) is 40.4 Å². The predicted octanol–water partition coefficient (Wildman–Crippen LogP) is 5.50. The molecule has 5 rings (SSSR count). The van der Waals surface area contributed by atoms with Crippen molar-refractivity contribution in [1.29, 1.82) is 0 Å². The average molecular weight is 468 g/mol. The summed E-state index contributed by atoms with van der Waals surface area (Å²) in [4.78, 5) is 22.0. The van der Waals surface area contributed by atoms with Gasteiger partial charge in [0.2, 0.25) is 5.95 Å². The summed E-state index contributed by atoms with van der Waals surface area (Å²) in [6.07, 6.45) is 7.69. The van der Waals surface area contributed by atoms with Crippen LogP contribution in [-0.2, 0) is 12.7 Å². The number of anilines is 3. The summed E-state index contributed by atoms with van der Waals surface area (Å²) in [6, 6.07) is 5.52. The van der Waals surface area contributed by atoms with Crippen molar-refractivity contribution >= 4 is 28.7 Å². The first-order valence-electron chi connectivity index (χ1n) is 11.1. The van der Waals surface area contributed by atoms with E-state index in [0.717, 1.165) is 37.8 Å². The molecule has 0 aliphatic heterocycles. The Morgan fingerprint density at radius 1 is 1.03 bits per heavy atom. The zero-order chi connectivity index (χ0) is 23.5. The minimum atomic E-state index is -4.40. The molecule has 0 atom stereocenters. The average Bonchev–Trinajstić information content (AvgIpc) is 3.27. The lowest BCUT2D eigenvalue weighted by Gasteiger charge is -2.23. The second-order valence-corrected chi connectivity index (χ2v) is 8.28. The monoisotopic (exact) mass is 468 g/mol. The highest BCUT2D eigenvalue weighted by Crippen LogP contribution is 2.33. The molecule has 0 radical (unpaired) electrons. The minimum absolute atomic E-state index is 0.150. The third-order valence-corrected chi connectivity index (χ3v) is 5.91. The van der Waals surface area contributed by atoms with Crippen molar-refractivity contribution in [2.75, 3.05) is 10.6 Å². The lowest BCUT2D eigenvalue weighted by molar-refractivity contribution is -0.137. The fourth-order valence-electron chi connectivity index (χ4n) is 4.24. The van der Waals surface area contributed by atoms with E-state index in [2.05, 4.69) is 40.1 Å². The Balaban J connectivity index is 1.48. The first kappa shape index (κ1) is 22.1. The van der Waals surface area contributed by atoms with Gasteiger partial charge in [-0.05, 0) is 30.5 Å². The molecule has 1 fully saturated rings. The second kappa shape index (κ2) is 9.24. The van der Waals surface area contributed by atoms with Gasteiger partial charge in [0.1, 0.15) is 0 Å². The molecule has 11 heteroatoms. The van der Waals surface area contributed by atoms with Crippen molar-refractivity contribution in [3.63, 3.8) is 0 Å². The second-order valence-electron chi connectivity index (χ2n) is 8.28. The van der Waals surface area contributed by atoms with E-state index < -0.39 is 11.7 Å². The number of imidazole rings is 1. The largest absolute Gasteiger partial charge is 0.416 e. The van der Waals surface area contributed by atoms with Crippen LogP contribution in [0.2, 0.25) is 0 Å². The number of benzene rings is 1. The van der Waals surface area contributed by atoms with Crippen LogP contribution in [0.4, 0.5) is 30.8 Å². The summed E-state index contributed by atoms with van der Waals surface area (Å²) < 4.78 is 41.4. The van der Waals surface area contributed by atoms with Crippen LogP contribution in [0.5, 0.6) is 0 Å². The van der Waals surface area contributed by atoms with Crippen LogP contribution < -0.4 is 10.6 Å². The zero-order valence-corrected chi connectivity index (χ0v) is 18.3. The molecule has 0 spiro atoms. The Morgan fingerprint density at radius 3 is 2.65 bits per heavy atom. The van der Waals surface area contributed by atoms with E-state index in [-0.39, 0.29) is 6.54 Å². The normalized spacial score (nSPS) is 14.9. The van der Waals surface area contributed by atoms with Crippen LogP contribution >= 0.6 is 0 Å². The summed E-state index contributed by atoms with van der Waals surface area (Å²) in [6.45, 7) is 0.150. The number of rotatable bonds is 6. The Kier molecular flexibility index (Phi) is 5.99. The van der Waals surface area contributed by atoms with Gasteiger partial charge in [-0.3, -0.25) is 4.98 Å². The molecule has 176 valence electrons. The van der Waals surface area contributed by atoms with E-state index in [1.54, 1.807) is 31.0 Å². The number of hydrogen-bond donors (Lipinski definition) is 2. The Hall–Kier alpha value is -3.76. The lowest BCUT2D eigenvalue weighted by atomic mass is 9.95. The van der Waals surface area contributed by atoms with Crippen LogP contribution in [0, 0.1) is 0 Å². The fraction of sp³-hybridized carbons (Fsp3) is 0.348. The van der Waals surface area contributed by atoms with Gasteiger partial charge in [-0.25, -0.2) is 9.97 Å². The molecule has 0 bridgehead atoms. The van der Waals surface area contributed by atoms with Gasteiger partial charge in [0, 0.05) is 25.0 Å². The Morgan fingerprint density at radius 2 is 1.88 bits per heavy atom. The molecule has 34 heavy (non-hydrogen) atoms. The summed E-state index contributed by atoms with van der Waals surface area (Å²) in [5, 5.41) is 6.21. The molecule has 0 amide bonds. The van der Waals surface area contributed by atoms with Crippen LogP contribution in [0.25, 0.3) is 11.2 Å². The van der Waals surface area contributed by atoms with E-state index in [9.17, 15) is 13.2 Å². The number of aromatic nitrogens is 6. The zero-order valence-electron chi connectivity index (χ0n) is 18.3. The van der Waals surface area contributed by atoms with Crippen molar-refractivity contribution in [1.82, 2.24) is 29.5 Å². The van der Waals surface area contributed by atoms with Gasteiger partial charge in [0.25, 0.3) is 0 Å². The van der Waals surface area contributed by atoms with E-state index in [1.165, 1.54) is 12.5 Å². The van der Waals surface area contributed by atoms with E-state index in [1.807, 2.05) is 0 Å². The number of fused-ring (bicyclic) bond motifs is 1. The van der Waals surface area contributed by atoms with E-state index >= 15 is 0 Å². The number of nitrogens with zero attached hydrogens (tertiary/aromatic N) is 6. The highest BCUT2D eigenvalue weighted by Gasteiger charge is 2.30. The maximum absolute atomic E-state index is 13.1. The highest BCUT2D eigenvalue weighted by atomic mass is 19.4. The number of nitrogens with one attached hydrogen (secondary N) is 2. The summed E-state index contributed by atoms with van der Waals surface area (Å²) in [7, 11) is 0. The minimum Gasteiger partial charge on any atom is -0.364 e. The number of alkyl halides is 3. The van der Waals surface area contributed by atoms with Crippen LogP contribution in [0.15, 0.2) is 49.2 Å². The molecular formula is C23H23F3N8. The SMILES string of the molecule is FC(F)(F)c1cccc(CNc2nc(Nc3cnccn3)nc3c2ncn3C2CCCCC2)c1. The van der Waals surface area contributed by atoms with Crippen molar-refractivity contribution < 1.29 is 13.2 Å². The smallest absolute Gasteiger partial charge is 0.364 e. The molecule has 4 aromatic rings. The van der Waals surface area contributed by atoms with Gasteiger partial charge < -0.3 is 15.2 Å². The quantitative estimate of drug-likeness (QED) is 0.386. The van der Waals surface area contributed by atoms with Gasteiger partial charge in [-0.1, -0.05) is 31.4 Å². The summed E-state index contributed by atoms with van der Waals surface area (Å²) in [5.41, 5.74) is 1.03. The summed E-state index contributed by atoms with van der Waals surface area (Å²) in [5.74, 6) is 1.22. The van der Waals surface area contributed by atoms with Gasteiger partial charge in [-0.2, -0.15) is 23.1 Å². The van der Waals surface area contributed by atoms with Crippen molar-refractivity contribution in [2.24, 2.45) is 0 Å². The Labute approximate surface area is 193 Å². The number of hydrogen-bond acceptors (Lipinski definition) is 7. The first-order valence-corrected chi connectivity index (χ1v) is 11.1. The van der Waals surface area contributed by atoms with Gasteiger partial charge in [0.05, 0.1) is 18.1 Å². The molecule has 1 aromatic carbocycles. The van der Waals surface area contributed by atoms with Crippen LogP contribution in [0.1, 0.15) is 49.3 Å². The fourth-order valence-corrected chi connectivity index (χ4v) is 4.24. The predicted molar refractivity (Wildman–Crippen MR) is 122 cm³/mol. The van der Waals surface area contributed by atoms with Crippen molar-refractivity contribution in [3.05, 3.63) is 60.3 Å². The molecule has 0 saturated heterocycles. The lowest BCUT2D eigenvalue weighted by Crippen LogP contribution is -2.13. The maximum Gasteiger partial charge on any atom is 0.416 e. The highest BCUT2D eigenvalue weighted by molar-refractivity contribution is 5.84. The van der Waals surface area contributed by atoms with Crippen molar-refractivity contribution in [3.8, 4) is 0 Å². The molecule has 2 N–H and O–H groups in total. The molecule has 0 unspecified atom stereocenters. The third kappa shape index (κ3) is 4.78. The molecule has 1 aliphatic carbocycles. The van der Waals surface area contributed by atoms with E-state index in [4.69, 9.17) is 0 Å². The molecular weight excluding hydrogens is 445 g/mol. The molecule has 8 nitrogen and oxygen atoms in total. The molecule has 3 heterocycles. The molecule has 3 aromatic heterocycles. The Bertz CT molecular complexity index is 1270. The first-order chi connectivity index (χ1) is 16.5. The maximum atomic E-state index is 13.1. The molecule has 1 saturated carbocycles. The van der Waals surface area contributed by atoms with Gasteiger partial charge in [0.15, 0.2) is 22.8 Å². The van der Waals surface area contributed by atoms with Gasteiger partial charge in [-0.15, -0.1) is 0 Å². The summed E-state index contributed by atoms with van der Waals surface area (Å²) >= 11 is 0. The standard InChI is InChI=1S/C23H23F3N8/c24-23(25,26)16-6-4-5-15(11-16)12-29-20-19-21(34(14-30-19)17-7-2-1-3-8-17)33-22(32-20)31-18-13-27-9-10-28-18/h4-6,9-11,13-14,17H,1-3,7-8,12H2,(H2,28,29,31,32,33). The van der Waals surface area contributed by atoms with Gasteiger partial charge >= 0.3 is 6.18 Å². The van der Waals surface area contributed by atoms with Crippen LogP contribution in [-0.4, -0.2) is 29.5 Å². The number of halogens is 3. The van der Waals surface area contributed by atoms with Crippen molar-refractivity contribution in [2.45, 2.75) is 50.9 Å². The third-order valence-electron chi connectivity index (χ3n) is 5.91.